The van der Waals surface area contributed by atoms with E-state index in [0.717, 1.165) is 44.2 Å². The number of ether oxygens (including phenoxy) is 1. The molecule has 0 aromatic rings. The number of nitrogens with zero attached hydrogens (tertiary/aromatic N) is 1. The summed E-state index contributed by atoms with van der Waals surface area (Å²) in [4.78, 5) is 28.2. The Morgan fingerprint density at radius 2 is 2.08 bits per heavy atom. The van der Waals surface area contributed by atoms with E-state index in [0.29, 0.717) is 18.3 Å². The highest BCUT2D eigenvalue weighted by atomic mass is 16.6. The van der Waals surface area contributed by atoms with Crippen molar-refractivity contribution in [2.45, 2.75) is 64.4 Å². The van der Waals surface area contributed by atoms with Gasteiger partial charge in [0.2, 0.25) is 0 Å². The number of hydrogen-bond donors (Lipinski definition) is 1. The molecule has 2 aliphatic carbocycles. The first-order valence-corrected chi connectivity index (χ1v) is 9.68. The average Bonchev–Trinajstić information content (AvgIpc) is 3.13. The van der Waals surface area contributed by atoms with Gasteiger partial charge in [-0.15, -0.1) is 0 Å². The first-order valence-electron chi connectivity index (χ1n) is 9.68. The van der Waals surface area contributed by atoms with Crippen LogP contribution in [-0.4, -0.2) is 42.4 Å². The quantitative estimate of drug-likeness (QED) is 0.278. The number of fused-ring (bicyclic) bond motifs is 1. The third kappa shape index (κ3) is 5.94. The van der Waals surface area contributed by atoms with Crippen LogP contribution in [0.5, 0.6) is 0 Å². The zero-order valence-electron chi connectivity index (χ0n) is 15.9. The molecule has 0 aliphatic heterocycles. The predicted octanol–water partition coefficient (Wildman–Crippen LogP) is 3.03. The van der Waals surface area contributed by atoms with Gasteiger partial charge < -0.3 is 14.7 Å². The summed E-state index contributed by atoms with van der Waals surface area (Å²) >= 11 is 0. The van der Waals surface area contributed by atoms with Crippen LogP contribution in [0.4, 0.5) is 0 Å². The fourth-order valence-corrected chi connectivity index (χ4v) is 4.00. The summed E-state index contributed by atoms with van der Waals surface area (Å²) in [5.41, 5.74) is 0.976. The van der Waals surface area contributed by atoms with E-state index in [1.165, 1.54) is 7.11 Å². The number of aliphatic hydroxyl groups is 1. The van der Waals surface area contributed by atoms with Crippen LogP contribution in [0.1, 0.15) is 58.3 Å². The molecular formula is C20H31NO5. The molecule has 0 unspecified atom stereocenters. The molecule has 2 saturated carbocycles. The van der Waals surface area contributed by atoms with Crippen LogP contribution in [0, 0.1) is 17.8 Å². The number of rotatable bonds is 10. The van der Waals surface area contributed by atoms with Crippen LogP contribution in [0.15, 0.2) is 17.3 Å². The lowest BCUT2D eigenvalue weighted by Crippen LogP contribution is -2.18. The van der Waals surface area contributed by atoms with Crippen molar-refractivity contribution in [3.05, 3.63) is 12.2 Å². The summed E-state index contributed by atoms with van der Waals surface area (Å²) < 4.78 is 4.56. The topological polar surface area (TPSA) is 85.2 Å². The van der Waals surface area contributed by atoms with Gasteiger partial charge in [-0.3, -0.25) is 9.59 Å². The third-order valence-electron chi connectivity index (χ3n) is 5.41. The molecule has 0 amide bonds. The van der Waals surface area contributed by atoms with Crippen LogP contribution in [0.2, 0.25) is 0 Å². The molecule has 1 N–H and O–H groups in total. The van der Waals surface area contributed by atoms with Crippen molar-refractivity contribution in [2.75, 3.05) is 13.7 Å². The number of carbonyl (C=O) groups excluding carboxylic acids is 2. The lowest BCUT2D eigenvalue weighted by atomic mass is 9.90. The minimum absolute atomic E-state index is 0.0119. The molecule has 0 radical (unpaired) electrons. The number of allylic oxidation sites excluding steroid dienone is 1. The van der Waals surface area contributed by atoms with E-state index in [-0.39, 0.29) is 36.8 Å². The zero-order chi connectivity index (χ0) is 18.9. The van der Waals surface area contributed by atoms with E-state index in [4.69, 9.17) is 4.84 Å². The van der Waals surface area contributed by atoms with Gasteiger partial charge in [-0.1, -0.05) is 31.0 Å². The summed E-state index contributed by atoms with van der Waals surface area (Å²) in [6, 6.07) is 0. The van der Waals surface area contributed by atoms with Crippen molar-refractivity contribution in [3.63, 3.8) is 0 Å². The van der Waals surface area contributed by atoms with Gasteiger partial charge in [0.25, 0.3) is 0 Å². The van der Waals surface area contributed by atoms with E-state index in [9.17, 15) is 14.7 Å². The Balaban J connectivity index is 1.82. The van der Waals surface area contributed by atoms with Gasteiger partial charge in [-0.2, -0.15) is 0 Å². The number of unbranched alkanes of at least 4 members (excludes halogenated alkanes) is 2. The smallest absolute Gasteiger partial charge is 0.309 e. The number of oxime groups is 1. The Morgan fingerprint density at radius 3 is 2.81 bits per heavy atom. The molecule has 2 rings (SSSR count). The molecule has 0 aromatic heterocycles. The Morgan fingerprint density at radius 1 is 1.27 bits per heavy atom. The number of esters is 1. The molecule has 6 nitrogen and oxygen atoms in total. The van der Waals surface area contributed by atoms with E-state index >= 15 is 0 Å². The third-order valence-corrected chi connectivity index (χ3v) is 5.41. The number of hydrogen-bond acceptors (Lipinski definition) is 6. The van der Waals surface area contributed by atoms with Crippen molar-refractivity contribution in [1.29, 1.82) is 0 Å². The van der Waals surface area contributed by atoms with Gasteiger partial charge in [0, 0.05) is 12.3 Å². The van der Waals surface area contributed by atoms with E-state index < -0.39 is 0 Å². The highest BCUT2D eigenvalue weighted by molar-refractivity contribution is 5.89. The maximum atomic E-state index is 11.9. The van der Waals surface area contributed by atoms with Gasteiger partial charge in [0.15, 0.2) is 5.78 Å². The molecule has 2 aliphatic rings. The number of aliphatic hydroxyl groups excluding tert-OH is 1. The molecule has 4 atom stereocenters. The summed E-state index contributed by atoms with van der Waals surface area (Å²) in [7, 11) is 1.35. The van der Waals surface area contributed by atoms with Crippen LogP contribution in [-0.2, 0) is 19.2 Å². The molecule has 0 bridgehead atoms. The number of ketones is 1. The maximum absolute atomic E-state index is 11.9. The summed E-state index contributed by atoms with van der Waals surface area (Å²) in [6.45, 7) is 2.33. The minimum atomic E-state index is -0.383. The first-order chi connectivity index (χ1) is 12.5. The van der Waals surface area contributed by atoms with Crippen molar-refractivity contribution < 1.29 is 24.3 Å². The number of carbonyl (C=O) groups is 2. The standard InChI is InChI=1S/C20H31NO5/c1-3-4-5-6-16(22)7-8-17-18-13-15(11-14(18)12-19(17)23)21-26-10-9-20(24)25-2/h7-8,14,17-19,23H,3-6,9-13H2,1-2H3/b8-7?,21-15+/t14-,17-,18+,19-/m0/s1. The van der Waals surface area contributed by atoms with Gasteiger partial charge in [0.05, 0.1) is 25.3 Å². The normalized spacial score (nSPS) is 29.3. The average molecular weight is 365 g/mol. The second-order valence-corrected chi connectivity index (χ2v) is 7.31. The summed E-state index contributed by atoms with van der Waals surface area (Å²) in [5.74, 6) is 0.542. The molecule has 2 fully saturated rings. The predicted molar refractivity (Wildman–Crippen MR) is 98.6 cm³/mol. The summed E-state index contributed by atoms with van der Waals surface area (Å²) in [5, 5.41) is 14.5. The van der Waals surface area contributed by atoms with Crippen molar-refractivity contribution >= 4 is 17.5 Å². The Hall–Kier alpha value is -1.69. The van der Waals surface area contributed by atoms with Crippen LogP contribution < -0.4 is 0 Å². The monoisotopic (exact) mass is 365 g/mol. The lowest BCUT2D eigenvalue weighted by Gasteiger charge is -2.16. The van der Waals surface area contributed by atoms with Crippen LogP contribution in [0.25, 0.3) is 0 Å². The van der Waals surface area contributed by atoms with E-state index in [1.807, 2.05) is 6.08 Å². The zero-order valence-corrected chi connectivity index (χ0v) is 15.9. The fraction of sp³-hybridized carbons (Fsp3) is 0.750. The minimum Gasteiger partial charge on any atom is -0.469 e. The molecule has 0 heterocycles. The van der Waals surface area contributed by atoms with E-state index in [2.05, 4.69) is 16.8 Å². The molecule has 26 heavy (non-hydrogen) atoms. The van der Waals surface area contributed by atoms with Crippen molar-refractivity contribution in [2.24, 2.45) is 22.9 Å². The van der Waals surface area contributed by atoms with Gasteiger partial charge >= 0.3 is 5.97 Å². The molecular weight excluding hydrogens is 334 g/mol. The van der Waals surface area contributed by atoms with Crippen LogP contribution in [0.3, 0.4) is 0 Å². The van der Waals surface area contributed by atoms with E-state index in [1.54, 1.807) is 6.08 Å². The largest absolute Gasteiger partial charge is 0.469 e. The van der Waals surface area contributed by atoms with Crippen LogP contribution >= 0.6 is 0 Å². The number of methoxy groups -OCH3 is 1. The fourth-order valence-electron chi connectivity index (χ4n) is 4.00. The SMILES string of the molecule is CCCCCC(=O)C=C[C@H]1[C@@H]2C/C(=N/OCCC(=O)OC)C[C@H]2C[C@@H]1O. The van der Waals surface area contributed by atoms with Crippen molar-refractivity contribution in [1.82, 2.24) is 0 Å². The molecule has 146 valence electrons. The van der Waals surface area contributed by atoms with Crippen molar-refractivity contribution in [3.8, 4) is 0 Å². The first kappa shape index (κ1) is 20.6. The second kappa shape index (κ2) is 10.5. The molecule has 0 aromatic carbocycles. The van der Waals surface area contributed by atoms with Gasteiger partial charge in [0.1, 0.15) is 6.61 Å². The molecule has 0 saturated heterocycles. The second-order valence-electron chi connectivity index (χ2n) is 7.31. The Bertz CT molecular complexity index is 542. The maximum Gasteiger partial charge on any atom is 0.309 e. The van der Waals surface area contributed by atoms with Gasteiger partial charge in [-0.25, -0.2) is 0 Å². The highest BCUT2D eigenvalue weighted by Crippen LogP contribution is 2.47. The van der Waals surface area contributed by atoms with Gasteiger partial charge in [-0.05, 0) is 43.6 Å². The lowest BCUT2D eigenvalue weighted by molar-refractivity contribution is -0.141. The Labute approximate surface area is 155 Å². The molecule has 6 heteroatoms. The Kier molecular flexibility index (Phi) is 8.29. The highest BCUT2D eigenvalue weighted by Gasteiger charge is 2.46. The molecule has 0 spiro atoms. The summed E-state index contributed by atoms with van der Waals surface area (Å²) in [6.07, 6.45) is 9.40.